The maximum absolute atomic E-state index is 11.7. The zero-order valence-corrected chi connectivity index (χ0v) is 13.4. The number of aromatic nitrogens is 1. The van der Waals surface area contributed by atoms with E-state index in [1.807, 2.05) is 6.92 Å². The lowest BCUT2D eigenvalue weighted by Gasteiger charge is -2.23. The Balaban J connectivity index is 1.88. The Morgan fingerprint density at radius 1 is 1.52 bits per heavy atom. The molecule has 1 aromatic carbocycles. The Morgan fingerprint density at radius 3 is 3.05 bits per heavy atom. The van der Waals surface area contributed by atoms with Gasteiger partial charge in [0.15, 0.2) is 0 Å². The molecule has 0 radical (unpaired) electrons. The highest BCUT2D eigenvalue weighted by atomic mass is 32.1. The number of hydrogen-bond donors (Lipinski definition) is 1. The van der Waals surface area contributed by atoms with Gasteiger partial charge in [0.2, 0.25) is 0 Å². The summed E-state index contributed by atoms with van der Waals surface area (Å²) < 4.78 is 1.22. The van der Waals surface area contributed by atoms with E-state index in [0.29, 0.717) is 5.92 Å². The molecule has 0 amide bonds. The third-order valence-corrected chi connectivity index (χ3v) is 5.72. The predicted octanol–water partition coefficient (Wildman–Crippen LogP) is 4.74. The molecule has 112 valence electrons. The standard InChI is InChI=1S/C17H21NO2S/c1-3-7-17(16(19)20)8-6-13(10-17)12-4-5-14-15(9-12)21-11(2)18-14/h4-5,9,13H,3,6-8,10H2,1-2H3,(H,19,20). The van der Waals surface area contributed by atoms with E-state index >= 15 is 0 Å². The maximum Gasteiger partial charge on any atom is 0.309 e. The molecule has 1 fully saturated rings. The largest absolute Gasteiger partial charge is 0.481 e. The summed E-state index contributed by atoms with van der Waals surface area (Å²) in [7, 11) is 0. The van der Waals surface area contributed by atoms with Crippen molar-refractivity contribution < 1.29 is 9.90 Å². The van der Waals surface area contributed by atoms with Crippen LogP contribution in [0.5, 0.6) is 0 Å². The lowest BCUT2D eigenvalue weighted by molar-refractivity contribution is -0.149. The van der Waals surface area contributed by atoms with Crippen LogP contribution in [0.15, 0.2) is 18.2 Å². The van der Waals surface area contributed by atoms with Crippen LogP contribution >= 0.6 is 11.3 Å². The van der Waals surface area contributed by atoms with Gasteiger partial charge in [0.25, 0.3) is 0 Å². The second-order valence-electron chi connectivity index (χ2n) is 6.24. The molecule has 3 nitrogen and oxygen atoms in total. The lowest BCUT2D eigenvalue weighted by atomic mass is 9.80. The molecule has 1 aliphatic rings. The number of carbonyl (C=O) groups is 1. The molecule has 2 unspecified atom stereocenters. The monoisotopic (exact) mass is 303 g/mol. The Morgan fingerprint density at radius 2 is 2.33 bits per heavy atom. The van der Waals surface area contributed by atoms with Crippen LogP contribution < -0.4 is 0 Å². The van der Waals surface area contributed by atoms with Crippen LogP contribution in [-0.4, -0.2) is 16.1 Å². The second kappa shape index (κ2) is 5.41. The fourth-order valence-corrected chi connectivity index (χ4v) is 4.60. The molecule has 0 saturated heterocycles. The third kappa shape index (κ3) is 2.57. The van der Waals surface area contributed by atoms with Crippen molar-refractivity contribution in [1.82, 2.24) is 4.98 Å². The average Bonchev–Trinajstić information content (AvgIpc) is 3.01. The van der Waals surface area contributed by atoms with Gasteiger partial charge in [0.1, 0.15) is 0 Å². The van der Waals surface area contributed by atoms with E-state index in [1.165, 1.54) is 10.3 Å². The summed E-state index contributed by atoms with van der Waals surface area (Å²) in [6, 6.07) is 6.43. The van der Waals surface area contributed by atoms with Gasteiger partial charge >= 0.3 is 5.97 Å². The molecule has 1 aliphatic carbocycles. The van der Waals surface area contributed by atoms with Crippen molar-refractivity contribution >= 4 is 27.5 Å². The van der Waals surface area contributed by atoms with Gasteiger partial charge in [0.05, 0.1) is 20.6 Å². The number of aliphatic carboxylic acids is 1. The van der Waals surface area contributed by atoms with E-state index < -0.39 is 11.4 Å². The van der Waals surface area contributed by atoms with Gasteiger partial charge in [0, 0.05) is 0 Å². The Kier molecular flexibility index (Phi) is 3.74. The molecule has 1 aromatic heterocycles. The van der Waals surface area contributed by atoms with Crippen molar-refractivity contribution in [2.45, 2.75) is 51.9 Å². The molecule has 4 heteroatoms. The van der Waals surface area contributed by atoms with Gasteiger partial charge in [-0.05, 0) is 56.2 Å². The lowest BCUT2D eigenvalue weighted by Crippen LogP contribution is -2.27. The van der Waals surface area contributed by atoms with Crippen LogP contribution in [0.2, 0.25) is 0 Å². The van der Waals surface area contributed by atoms with Crippen molar-refractivity contribution in [2.24, 2.45) is 5.41 Å². The van der Waals surface area contributed by atoms with Gasteiger partial charge < -0.3 is 5.11 Å². The number of thiazole rings is 1. The quantitative estimate of drug-likeness (QED) is 0.887. The SMILES string of the molecule is CCCC1(C(=O)O)CCC(c2ccc3nc(C)sc3c2)C1. The number of aryl methyl sites for hydroxylation is 1. The first-order valence-corrected chi connectivity index (χ1v) is 8.46. The molecule has 21 heavy (non-hydrogen) atoms. The summed E-state index contributed by atoms with van der Waals surface area (Å²) in [5.41, 5.74) is 1.83. The van der Waals surface area contributed by atoms with Gasteiger partial charge in [-0.15, -0.1) is 11.3 Å². The molecule has 1 heterocycles. The summed E-state index contributed by atoms with van der Waals surface area (Å²) in [6.45, 7) is 4.10. The molecule has 1 N–H and O–H groups in total. The van der Waals surface area contributed by atoms with Crippen LogP contribution in [0.25, 0.3) is 10.2 Å². The van der Waals surface area contributed by atoms with Crippen molar-refractivity contribution in [2.75, 3.05) is 0 Å². The number of fused-ring (bicyclic) bond motifs is 1. The number of nitrogens with zero attached hydrogens (tertiary/aromatic N) is 1. The van der Waals surface area contributed by atoms with Crippen molar-refractivity contribution in [3.8, 4) is 0 Å². The fraction of sp³-hybridized carbons (Fsp3) is 0.529. The molecule has 3 rings (SSSR count). The minimum atomic E-state index is -0.610. The van der Waals surface area contributed by atoms with E-state index in [9.17, 15) is 9.90 Å². The Bertz CT molecular complexity index is 678. The summed E-state index contributed by atoms with van der Waals surface area (Å²) in [5.74, 6) is -0.235. The summed E-state index contributed by atoms with van der Waals surface area (Å²) in [4.78, 5) is 16.2. The third-order valence-electron chi connectivity index (χ3n) is 4.78. The molecule has 2 aromatic rings. The Hall–Kier alpha value is -1.42. The number of hydrogen-bond acceptors (Lipinski definition) is 3. The van der Waals surface area contributed by atoms with Gasteiger partial charge in [-0.1, -0.05) is 19.4 Å². The second-order valence-corrected chi connectivity index (χ2v) is 7.47. The van der Waals surface area contributed by atoms with Crippen LogP contribution in [0.1, 0.15) is 55.5 Å². The van der Waals surface area contributed by atoms with E-state index in [-0.39, 0.29) is 0 Å². The summed E-state index contributed by atoms with van der Waals surface area (Å²) >= 11 is 1.71. The molecular formula is C17H21NO2S. The van der Waals surface area contributed by atoms with Gasteiger partial charge in [-0.3, -0.25) is 4.79 Å². The number of rotatable bonds is 4. The van der Waals surface area contributed by atoms with Crippen molar-refractivity contribution in [3.63, 3.8) is 0 Å². The van der Waals surface area contributed by atoms with Gasteiger partial charge in [-0.25, -0.2) is 4.98 Å². The molecule has 2 atom stereocenters. The molecule has 1 saturated carbocycles. The highest BCUT2D eigenvalue weighted by molar-refractivity contribution is 7.18. The van der Waals surface area contributed by atoms with Crippen molar-refractivity contribution in [1.29, 1.82) is 0 Å². The number of carboxylic acid groups (broad SMARTS) is 1. The highest BCUT2D eigenvalue weighted by Gasteiger charge is 2.44. The first kappa shape index (κ1) is 14.5. The zero-order chi connectivity index (χ0) is 15.0. The van der Waals surface area contributed by atoms with Crippen LogP contribution in [-0.2, 0) is 4.79 Å². The van der Waals surface area contributed by atoms with Gasteiger partial charge in [-0.2, -0.15) is 0 Å². The predicted molar refractivity (Wildman–Crippen MR) is 85.9 cm³/mol. The molecular weight excluding hydrogens is 282 g/mol. The van der Waals surface area contributed by atoms with E-state index in [1.54, 1.807) is 11.3 Å². The minimum absolute atomic E-state index is 0.374. The van der Waals surface area contributed by atoms with E-state index in [4.69, 9.17) is 0 Å². The topological polar surface area (TPSA) is 50.2 Å². The van der Waals surface area contributed by atoms with Crippen LogP contribution in [0.3, 0.4) is 0 Å². The maximum atomic E-state index is 11.7. The smallest absolute Gasteiger partial charge is 0.309 e. The highest BCUT2D eigenvalue weighted by Crippen LogP contribution is 2.49. The Labute approximate surface area is 129 Å². The van der Waals surface area contributed by atoms with Crippen molar-refractivity contribution in [3.05, 3.63) is 28.8 Å². The fourth-order valence-electron chi connectivity index (χ4n) is 3.73. The first-order valence-electron chi connectivity index (χ1n) is 7.64. The minimum Gasteiger partial charge on any atom is -0.481 e. The van der Waals surface area contributed by atoms with E-state index in [0.717, 1.165) is 42.6 Å². The molecule has 0 bridgehead atoms. The molecule has 0 spiro atoms. The van der Waals surface area contributed by atoms with Crippen LogP contribution in [0, 0.1) is 12.3 Å². The summed E-state index contributed by atoms with van der Waals surface area (Å²) in [6.07, 6.45) is 4.29. The van der Waals surface area contributed by atoms with E-state index in [2.05, 4.69) is 30.1 Å². The normalized spacial score (nSPS) is 25.5. The number of benzene rings is 1. The molecule has 0 aliphatic heterocycles. The first-order chi connectivity index (χ1) is 10.0. The summed E-state index contributed by atoms with van der Waals surface area (Å²) in [5, 5.41) is 10.7. The zero-order valence-electron chi connectivity index (χ0n) is 12.6. The average molecular weight is 303 g/mol. The van der Waals surface area contributed by atoms with Crippen LogP contribution in [0.4, 0.5) is 0 Å². The number of carboxylic acids is 1.